The van der Waals surface area contributed by atoms with Gasteiger partial charge in [-0.2, -0.15) is 0 Å². The molecule has 2 nitrogen and oxygen atoms in total. The molecule has 6 aromatic rings. The molecule has 0 saturated carbocycles. The summed E-state index contributed by atoms with van der Waals surface area (Å²) in [6, 6.07) is 51.7. The number of rotatable bonds is 9. The zero-order chi connectivity index (χ0) is 31.0. The van der Waals surface area contributed by atoms with Crippen molar-refractivity contribution in [3.63, 3.8) is 0 Å². The van der Waals surface area contributed by atoms with Crippen molar-refractivity contribution in [3.8, 4) is 0 Å². The predicted octanol–water partition coefficient (Wildman–Crippen LogP) is 12.2. The van der Waals surface area contributed by atoms with Gasteiger partial charge in [0.25, 0.3) is 0 Å². The van der Waals surface area contributed by atoms with E-state index in [1.165, 1.54) is 33.4 Å². The standard InChI is InChI=1S/C43H38N2/c1-32-4-22-39(23-5-32)44-40-24-18-37(19-25-40)16-14-35-10-12-36(13-11-35)15-17-38-20-30-43(31-21-38)45(41-26-6-33(2)7-27-41)42-28-8-34(3)9-29-42/h4-31,44H,1-3H3/b16-14+,17-15+. The summed E-state index contributed by atoms with van der Waals surface area (Å²) in [5.41, 5.74) is 14.0. The van der Waals surface area contributed by atoms with Gasteiger partial charge >= 0.3 is 0 Å². The van der Waals surface area contributed by atoms with Crippen LogP contribution in [0.2, 0.25) is 0 Å². The molecule has 6 rings (SSSR count). The fourth-order valence-electron chi connectivity index (χ4n) is 5.15. The second kappa shape index (κ2) is 13.8. The highest BCUT2D eigenvalue weighted by molar-refractivity contribution is 5.79. The number of benzene rings is 6. The summed E-state index contributed by atoms with van der Waals surface area (Å²) in [7, 11) is 0. The molecular formula is C43H38N2. The predicted molar refractivity (Wildman–Crippen MR) is 196 cm³/mol. The lowest BCUT2D eigenvalue weighted by molar-refractivity contribution is 1.27. The van der Waals surface area contributed by atoms with E-state index >= 15 is 0 Å². The Kier molecular flexibility index (Phi) is 9.03. The third kappa shape index (κ3) is 7.87. The molecule has 0 fully saturated rings. The van der Waals surface area contributed by atoms with Crippen LogP contribution in [-0.4, -0.2) is 0 Å². The van der Waals surface area contributed by atoms with Gasteiger partial charge in [0.2, 0.25) is 0 Å². The first kappa shape index (κ1) is 29.5. The van der Waals surface area contributed by atoms with Crippen molar-refractivity contribution in [1.29, 1.82) is 0 Å². The maximum atomic E-state index is 3.45. The SMILES string of the molecule is Cc1ccc(Nc2ccc(/C=C/c3ccc(/C=C/c4ccc(N(c5ccc(C)cc5)c5ccc(C)cc5)cc4)cc3)cc2)cc1. The molecule has 0 saturated heterocycles. The van der Waals surface area contributed by atoms with E-state index in [9.17, 15) is 0 Å². The van der Waals surface area contributed by atoms with Crippen molar-refractivity contribution in [2.45, 2.75) is 20.8 Å². The van der Waals surface area contributed by atoms with Crippen LogP contribution in [0.3, 0.4) is 0 Å². The van der Waals surface area contributed by atoms with Crippen LogP contribution in [-0.2, 0) is 0 Å². The topological polar surface area (TPSA) is 15.3 Å². The van der Waals surface area contributed by atoms with Crippen LogP contribution in [0.25, 0.3) is 24.3 Å². The van der Waals surface area contributed by atoms with Crippen molar-refractivity contribution in [2.24, 2.45) is 0 Å². The van der Waals surface area contributed by atoms with Crippen LogP contribution in [0.1, 0.15) is 38.9 Å². The second-order valence-corrected chi connectivity index (χ2v) is 11.5. The molecule has 6 aromatic carbocycles. The van der Waals surface area contributed by atoms with E-state index in [4.69, 9.17) is 0 Å². The lowest BCUT2D eigenvalue weighted by Gasteiger charge is -2.25. The number of hydrogen-bond acceptors (Lipinski definition) is 2. The van der Waals surface area contributed by atoms with Gasteiger partial charge in [-0.15, -0.1) is 0 Å². The molecule has 0 aromatic heterocycles. The smallest absolute Gasteiger partial charge is 0.0462 e. The Morgan fingerprint density at radius 2 is 0.578 bits per heavy atom. The van der Waals surface area contributed by atoms with E-state index in [1.54, 1.807) is 0 Å². The summed E-state index contributed by atoms with van der Waals surface area (Å²) >= 11 is 0. The summed E-state index contributed by atoms with van der Waals surface area (Å²) in [5.74, 6) is 0. The number of nitrogens with zero attached hydrogens (tertiary/aromatic N) is 1. The third-order valence-electron chi connectivity index (χ3n) is 7.86. The van der Waals surface area contributed by atoms with Crippen LogP contribution in [0, 0.1) is 20.8 Å². The Labute approximate surface area is 267 Å². The van der Waals surface area contributed by atoms with Gasteiger partial charge < -0.3 is 10.2 Å². The highest BCUT2D eigenvalue weighted by Crippen LogP contribution is 2.35. The number of anilines is 5. The average Bonchev–Trinajstić information content (AvgIpc) is 3.07. The van der Waals surface area contributed by atoms with Gasteiger partial charge in [0.15, 0.2) is 0 Å². The normalized spacial score (nSPS) is 11.3. The van der Waals surface area contributed by atoms with Gasteiger partial charge in [-0.3, -0.25) is 0 Å². The minimum absolute atomic E-state index is 1.08. The molecule has 0 amide bonds. The first-order valence-electron chi connectivity index (χ1n) is 15.4. The molecule has 0 heterocycles. The van der Waals surface area contributed by atoms with Crippen molar-refractivity contribution in [2.75, 3.05) is 10.2 Å². The van der Waals surface area contributed by atoms with E-state index < -0.39 is 0 Å². The third-order valence-corrected chi connectivity index (χ3v) is 7.86. The van der Waals surface area contributed by atoms with Crippen LogP contribution < -0.4 is 10.2 Å². The quantitative estimate of drug-likeness (QED) is 0.171. The number of nitrogens with one attached hydrogen (secondary N) is 1. The lowest BCUT2D eigenvalue weighted by Crippen LogP contribution is -2.09. The molecule has 1 N–H and O–H groups in total. The molecule has 0 atom stereocenters. The number of hydrogen-bond donors (Lipinski definition) is 1. The fraction of sp³-hybridized carbons (Fsp3) is 0.0698. The molecule has 45 heavy (non-hydrogen) atoms. The largest absolute Gasteiger partial charge is 0.356 e. The maximum Gasteiger partial charge on any atom is 0.0462 e. The van der Waals surface area contributed by atoms with Gasteiger partial charge in [-0.1, -0.05) is 126 Å². The minimum atomic E-state index is 1.08. The van der Waals surface area contributed by atoms with Crippen molar-refractivity contribution in [3.05, 3.63) is 185 Å². The van der Waals surface area contributed by atoms with Crippen LogP contribution in [0.4, 0.5) is 28.4 Å². The molecule has 0 aliphatic heterocycles. The zero-order valence-electron chi connectivity index (χ0n) is 26.1. The zero-order valence-corrected chi connectivity index (χ0v) is 26.1. The Bertz CT molecular complexity index is 1830. The maximum absolute atomic E-state index is 3.45. The number of aryl methyl sites for hydroxylation is 3. The molecule has 0 spiro atoms. The van der Waals surface area contributed by atoms with Gasteiger partial charge in [-0.25, -0.2) is 0 Å². The van der Waals surface area contributed by atoms with Gasteiger partial charge in [0, 0.05) is 28.4 Å². The molecular weight excluding hydrogens is 544 g/mol. The highest BCUT2D eigenvalue weighted by Gasteiger charge is 2.12. The Morgan fingerprint density at radius 3 is 0.933 bits per heavy atom. The van der Waals surface area contributed by atoms with Crippen LogP contribution in [0.5, 0.6) is 0 Å². The Hall–Kier alpha value is -5.60. The van der Waals surface area contributed by atoms with E-state index in [0.29, 0.717) is 0 Å². The fourth-order valence-corrected chi connectivity index (χ4v) is 5.15. The first-order chi connectivity index (χ1) is 22.0. The highest BCUT2D eigenvalue weighted by atomic mass is 15.1. The lowest BCUT2D eigenvalue weighted by atomic mass is 10.1. The second-order valence-electron chi connectivity index (χ2n) is 11.5. The first-order valence-corrected chi connectivity index (χ1v) is 15.4. The van der Waals surface area contributed by atoms with Crippen molar-refractivity contribution >= 4 is 52.7 Å². The minimum Gasteiger partial charge on any atom is -0.356 e. The molecule has 0 aliphatic carbocycles. The molecule has 0 aliphatic rings. The van der Waals surface area contributed by atoms with Crippen LogP contribution >= 0.6 is 0 Å². The van der Waals surface area contributed by atoms with Crippen LogP contribution in [0.15, 0.2) is 146 Å². The van der Waals surface area contributed by atoms with Crippen molar-refractivity contribution < 1.29 is 0 Å². The van der Waals surface area contributed by atoms with Crippen molar-refractivity contribution in [1.82, 2.24) is 0 Å². The summed E-state index contributed by atoms with van der Waals surface area (Å²) in [4.78, 5) is 2.30. The summed E-state index contributed by atoms with van der Waals surface area (Å²) < 4.78 is 0. The van der Waals surface area contributed by atoms with Gasteiger partial charge in [0.1, 0.15) is 0 Å². The molecule has 220 valence electrons. The average molecular weight is 583 g/mol. The summed E-state index contributed by atoms with van der Waals surface area (Å²) in [5, 5.41) is 3.45. The van der Waals surface area contributed by atoms with E-state index in [0.717, 1.165) is 34.0 Å². The summed E-state index contributed by atoms with van der Waals surface area (Å²) in [6.45, 7) is 6.34. The monoisotopic (exact) mass is 582 g/mol. The van der Waals surface area contributed by atoms with E-state index in [-0.39, 0.29) is 0 Å². The Morgan fingerprint density at radius 1 is 0.333 bits per heavy atom. The van der Waals surface area contributed by atoms with E-state index in [1.807, 2.05) is 0 Å². The summed E-state index contributed by atoms with van der Waals surface area (Å²) in [6.07, 6.45) is 8.64. The van der Waals surface area contributed by atoms with E-state index in [2.05, 4.69) is 201 Å². The molecule has 0 radical (unpaired) electrons. The molecule has 0 unspecified atom stereocenters. The van der Waals surface area contributed by atoms with Gasteiger partial charge in [-0.05, 0) is 104 Å². The van der Waals surface area contributed by atoms with Gasteiger partial charge in [0.05, 0.1) is 0 Å². The molecule has 0 bridgehead atoms. The molecule has 2 heteroatoms. The Balaban J connectivity index is 1.09.